The number of carbonyl (C=O) groups is 1. The zero-order valence-electron chi connectivity index (χ0n) is 8.86. The Kier molecular flexibility index (Phi) is 6.44. The molecule has 0 aromatic carbocycles. The van der Waals surface area contributed by atoms with E-state index in [0.29, 0.717) is 6.61 Å². The average molecular weight is 205 g/mol. The van der Waals surface area contributed by atoms with E-state index in [9.17, 15) is 4.79 Å². The number of carboxylic acid groups (broad SMARTS) is 1. The van der Waals surface area contributed by atoms with Gasteiger partial charge in [0.1, 0.15) is 0 Å². The van der Waals surface area contributed by atoms with Gasteiger partial charge in [0, 0.05) is 13.2 Å². The number of methoxy groups -OCH3 is 1. The number of rotatable bonds is 7. The Labute approximate surface area is 84.1 Å². The van der Waals surface area contributed by atoms with Gasteiger partial charge in [-0.25, -0.2) is 0 Å². The van der Waals surface area contributed by atoms with Crippen molar-refractivity contribution < 1.29 is 19.7 Å². The van der Waals surface area contributed by atoms with Gasteiger partial charge in [-0.3, -0.25) is 4.79 Å². The predicted molar refractivity (Wildman–Crippen MR) is 52.1 cm³/mol. The van der Waals surface area contributed by atoms with Crippen LogP contribution in [0, 0.1) is 5.92 Å². The molecule has 0 saturated heterocycles. The van der Waals surface area contributed by atoms with Crippen LogP contribution >= 0.6 is 0 Å². The minimum Gasteiger partial charge on any atom is -0.481 e. The van der Waals surface area contributed by atoms with Crippen LogP contribution in [0.3, 0.4) is 0 Å². The molecule has 84 valence electrons. The van der Waals surface area contributed by atoms with Gasteiger partial charge in [0.2, 0.25) is 0 Å². The van der Waals surface area contributed by atoms with Crippen LogP contribution in [0.2, 0.25) is 0 Å². The number of hydrogen-bond donors (Lipinski definition) is 3. The number of hydrogen-bond acceptors (Lipinski definition) is 4. The lowest BCUT2D eigenvalue weighted by atomic mass is 10.0. The van der Waals surface area contributed by atoms with E-state index in [-0.39, 0.29) is 18.7 Å². The predicted octanol–water partition coefficient (Wildman–Crippen LogP) is -0.307. The van der Waals surface area contributed by atoms with Crippen molar-refractivity contribution in [3.05, 3.63) is 0 Å². The van der Waals surface area contributed by atoms with E-state index in [1.807, 2.05) is 0 Å². The summed E-state index contributed by atoms with van der Waals surface area (Å²) < 4.78 is 4.87. The summed E-state index contributed by atoms with van der Waals surface area (Å²) in [7, 11) is 1.54. The molecular weight excluding hydrogens is 186 g/mol. The highest BCUT2D eigenvalue weighted by atomic mass is 16.5. The van der Waals surface area contributed by atoms with Crippen LogP contribution in [0.4, 0.5) is 0 Å². The Morgan fingerprint density at radius 2 is 2.07 bits per heavy atom. The number of nitrogens with one attached hydrogen (secondary N) is 1. The first-order valence-electron chi connectivity index (χ1n) is 4.61. The third kappa shape index (κ3) is 4.55. The van der Waals surface area contributed by atoms with Crippen LogP contribution in [0.15, 0.2) is 0 Å². The molecule has 3 atom stereocenters. The molecule has 0 saturated carbocycles. The Balaban J connectivity index is 4.00. The van der Waals surface area contributed by atoms with Crippen LogP contribution in [-0.4, -0.2) is 48.6 Å². The molecule has 0 fully saturated rings. The summed E-state index contributed by atoms with van der Waals surface area (Å²) in [6.07, 6.45) is 0. The Hall–Kier alpha value is -0.650. The molecule has 0 spiro atoms. The number of aliphatic carboxylic acids is 1. The number of carboxylic acids is 1. The minimum atomic E-state index is -0.848. The fourth-order valence-electron chi connectivity index (χ4n) is 1.08. The lowest BCUT2D eigenvalue weighted by Crippen LogP contribution is -2.46. The van der Waals surface area contributed by atoms with Gasteiger partial charge >= 0.3 is 5.97 Å². The van der Waals surface area contributed by atoms with Crippen LogP contribution in [0.25, 0.3) is 0 Å². The van der Waals surface area contributed by atoms with Crippen LogP contribution in [-0.2, 0) is 9.53 Å². The van der Waals surface area contributed by atoms with Crippen molar-refractivity contribution in [3.63, 3.8) is 0 Å². The van der Waals surface area contributed by atoms with Gasteiger partial charge in [-0.2, -0.15) is 0 Å². The maximum atomic E-state index is 10.6. The molecule has 5 nitrogen and oxygen atoms in total. The maximum absolute atomic E-state index is 10.6. The van der Waals surface area contributed by atoms with Crippen molar-refractivity contribution >= 4 is 5.97 Å². The van der Waals surface area contributed by atoms with Crippen molar-refractivity contribution in [1.82, 2.24) is 5.32 Å². The van der Waals surface area contributed by atoms with Crippen LogP contribution in [0.5, 0.6) is 0 Å². The van der Waals surface area contributed by atoms with E-state index in [0.717, 1.165) is 0 Å². The molecule has 5 heteroatoms. The standard InChI is InChI=1S/C9H19NO4/c1-6(9(12)13)7(2)10-8(4-11)5-14-3/h6-8,10-11H,4-5H2,1-3H3,(H,12,13). The first kappa shape index (κ1) is 13.4. The molecule has 0 aliphatic rings. The van der Waals surface area contributed by atoms with Crippen molar-refractivity contribution in [3.8, 4) is 0 Å². The summed E-state index contributed by atoms with van der Waals surface area (Å²) >= 11 is 0. The summed E-state index contributed by atoms with van der Waals surface area (Å²) in [5.41, 5.74) is 0. The highest BCUT2D eigenvalue weighted by Gasteiger charge is 2.21. The molecular formula is C9H19NO4. The number of aliphatic hydroxyl groups excluding tert-OH is 1. The summed E-state index contributed by atoms with van der Waals surface area (Å²) in [5.74, 6) is -1.33. The number of aliphatic hydroxyl groups is 1. The van der Waals surface area contributed by atoms with E-state index >= 15 is 0 Å². The van der Waals surface area contributed by atoms with Crippen LogP contribution < -0.4 is 5.32 Å². The lowest BCUT2D eigenvalue weighted by Gasteiger charge is -2.23. The first-order valence-corrected chi connectivity index (χ1v) is 4.61. The van der Waals surface area contributed by atoms with Gasteiger partial charge < -0.3 is 20.3 Å². The number of ether oxygens (including phenoxy) is 1. The first-order chi connectivity index (χ1) is 6.52. The van der Waals surface area contributed by atoms with Crippen molar-refractivity contribution in [2.45, 2.75) is 25.9 Å². The fraction of sp³-hybridized carbons (Fsp3) is 0.889. The minimum absolute atomic E-state index is 0.0650. The Morgan fingerprint density at radius 3 is 2.43 bits per heavy atom. The smallest absolute Gasteiger partial charge is 0.307 e. The van der Waals surface area contributed by atoms with Crippen molar-refractivity contribution in [1.29, 1.82) is 0 Å². The molecule has 0 bridgehead atoms. The van der Waals surface area contributed by atoms with Gasteiger partial charge in [0.25, 0.3) is 0 Å². The second-order valence-corrected chi connectivity index (χ2v) is 3.42. The van der Waals surface area contributed by atoms with Gasteiger partial charge in [-0.05, 0) is 6.92 Å². The summed E-state index contributed by atoms with van der Waals surface area (Å²) in [6.45, 7) is 3.70. The molecule has 0 aromatic rings. The summed E-state index contributed by atoms with van der Waals surface area (Å²) in [6, 6.07) is -0.406. The maximum Gasteiger partial charge on any atom is 0.307 e. The summed E-state index contributed by atoms with van der Waals surface area (Å²) in [4.78, 5) is 10.6. The van der Waals surface area contributed by atoms with Gasteiger partial charge in [0.05, 0.1) is 25.2 Å². The molecule has 3 unspecified atom stereocenters. The zero-order chi connectivity index (χ0) is 11.1. The van der Waals surface area contributed by atoms with E-state index in [4.69, 9.17) is 14.9 Å². The SMILES string of the molecule is COCC(CO)NC(C)C(C)C(=O)O. The second kappa shape index (κ2) is 6.75. The molecule has 3 N–H and O–H groups in total. The molecule has 14 heavy (non-hydrogen) atoms. The monoisotopic (exact) mass is 205 g/mol. The molecule has 0 rings (SSSR count). The molecule has 0 radical (unpaired) electrons. The quantitative estimate of drug-likeness (QED) is 0.531. The fourth-order valence-corrected chi connectivity index (χ4v) is 1.08. The van der Waals surface area contributed by atoms with Gasteiger partial charge in [-0.15, -0.1) is 0 Å². The Morgan fingerprint density at radius 1 is 1.50 bits per heavy atom. The molecule has 0 amide bonds. The highest BCUT2D eigenvalue weighted by molar-refractivity contribution is 5.70. The second-order valence-electron chi connectivity index (χ2n) is 3.42. The third-order valence-corrected chi connectivity index (χ3v) is 2.23. The average Bonchev–Trinajstić information content (AvgIpc) is 2.15. The molecule has 0 aromatic heterocycles. The highest BCUT2D eigenvalue weighted by Crippen LogP contribution is 2.03. The molecule has 0 heterocycles. The van der Waals surface area contributed by atoms with Crippen molar-refractivity contribution in [2.75, 3.05) is 20.3 Å². The largest absolute Gasteiger partial charge is 0.481 e. The van der Waals surface area contributed by atoms with E-state index in [1.54, 1.807) is 13.8 Å². The molecule has 0 aliphatic heterocycles. The normalized spacial score (nSPS) is 17.4. The lowest BCUT2D eigenvalue weighted by molar-refractivity contribution is -0.142. The third-order valence-electron chi connectivity index (χ3n) is 2.23. The Bertz CT molecular complexity index is 174. The van der Waals surface area contributed by atoms with E-state index in [1.165, 1.54) is 7.11 Å². The van der Waals surface area contributed by atoms with Crippen LogP contribution in [0.1, 0.15) is 13.8 Å². The molecule has 0 aliphatic carbocycles. The topological polar surface area (TPSA) is 78.8 Å². The zero-order valence-corrected chi connectivity index (χ0v) is 8.86. The summed E-state index contributed by atoms with van der Waals surface area (Å²) in [5, 5.41) is 20.7. The van der Waals surface area contributed by atoms with E-state index < -0.39 is 11.9 Å². The van der Waals surface area contributed by atoms with Crippen molar-refractivity contribution in [2.24, 2.45) is 5.92 Å². The van der Waals surface area contributed by atoms with Gasteiger partial charge in [0.15, 0.2) is 0 Å². The van der Waals surface area contributed by atoms with E-state index in [2.05, 4.69) is 5.32 Å². The van der Waals surface area contributed by atoms with Gasteiger partial charge in [-0.1, -0.05) is 6.92 Å².